The number of carbonyl (C=O) groups is 1. The van der Waals surface area contributed by atoms with Gasteiger partial charge in [-0.15, -0.1) is 0 Å². The topological polar surface area (TPSA) is 85.5 Å². The Hall–Kier alpha value is -4.02. The zero-order valence-corrected chi connectivity index (χ0v) is 17.8. The maximum atomic E-state index is 13.6. The lowest BCUT2D eigenvalue weighted by molar-refractivity contribution is -0.137. The third-order valence-corrected chi connectivity index (χ3v) is 5.66. The number of ether oxygens (including phenoxy) is 1. The largest absolute Gasteiger partial charge is 0.475 e. The Kier molecular flexibility index (Phi) is 5.60. The van der Waals surface area contributed by atoms with E-state index in [-0.39, 0.29) is 30.1 Å². The van der Waals surface area contributed by atoms with E-state index in [2.05, 4.69) is 20.1 Å². The van der Waals surface area contributed by atoms with E-state index in [4.69, 9.17) is 4.74 Å². The van der Waals surface area contributed by atoms with Gasteiger partial charge in [0.25, 0.3) is 5.91 Å². The maximum Gasteiger partial charge on any atom is 0.417 e. The molecular formula is C23H19F3N6O2. The lowest BCUT2D eigenvalue weighted by atomic mass is 10.1. The molecule has 4 aromatic heterocycles. The number of carbonyl (C=O) groups excluding carboxylic acids is 1. The Bertz CT molecular complexity index is 1310. The van der Waals surface area contributed by atoms with Crippen LogP contribution in [0.4, 0.5) is 13.2 Å². The highest BCUT2D eigenvalue weighted by Gasteiger charge is 2.34. The zero-order chi connectivity index (χ0) is 23.7. The van der Waals surface area contributed by atoms with Crippen LogP contribution < -0.4 is 4.74 Å². The molecule has 0 unspecified atom stereocenters. The van der Waals surface area contributed by atoms with Crippen molar-refractivity contribution < 1.29 is 22.7 Å². The van der Waals surface area contributed by atoms with Crippen molar-refractivity contribution in [3.8, 4) is 17.3 Å². The second-order valence-corrected chi connectivity index (χ2v) is 7.81. The molecule has 4 aromatic rings. The first kappa shape index (κ1) is 21.8. The van der Waals surface area contributed by atoms with Gasteiger partial charge in [0.15, 0.2) is 11.5 Å². The molecule has 8 nitrogen and oxygen atoms in total. The lowest BCUT2D eigenvalue weighted by Crippen LogP contribution is -2.39. The monoisotopic (exact) mass is 468 g/mol. The number of amides is 1. The van der Waals surface area contributed by atoms with Crippen LogP contribution in [-0.4, -0.2) is 54.6 Å². The summed E-state index contributed by atoms with van der Waals surface area (Å²) in [5.74, 6) is 0.184. The molecule has 0 bridgehead atoms. The summed E-state index contributed by atoms with van der Waals surface area (Å²) in [5.41, 5.74) is 0.636. The van der Waals surface area contributed by atoms with E-state index < -0.39 is 11.7 Å². The molecule has 1 amide bonds. The summed E-state index contributed by atoms with van der Waals surface area (Å²) < 4.78 is 45.5. The number of rotatable bonds is 5. The number of fused-ring (bicyclic) bond motifs is 1. The van der Waals surface area contributed by atoms with Gasteiger partial charge >= 0.3 is 6.18 Å². The minimum absolute atomic E-state index is 0.0680. The van der Waals surface area contributed by atoms with Crippen LogP contribution in [0.3, 0.4) is 0 Å². The maximum absolute atomic E-state index is 13.6. The van der Waals surface area contributed by atoms with E-state index in [1.807, 2.05) is 18.2 Å². The van der Waals surface area contributed by atoms with Crippen LogP contribution in [0.15, 0.2) is 61.2 Å². The van der Waals surface area contributed by atoms with E-state index in [1.165, 1.54) is 6.07 Å². The number of hydrogen-bond donors (Lipinski definition) is 0. The van der Waals surface area contributed by atoms with Crippen LogP contribution in [0.1, 0.15) is 28.9 Å². The molecular weight excluding hydrogens is 449 g/mol. The van der Waals surface area contributed by atoms with Crippen molar-refractivity contribution in [3.63, 3.8) is 0 Å². The summed E-state index contributed by atoms with van der Waals surface area (Å²) >= 11 is 0. The van der Waals surface area contributed by atoms with E-state index >= 15 is 0 Å². The van der Waals surface area contributed by atoms with Crippen molar-refractivity contribution in [2.45, 2.75) is 25.1 Å². The molecule has 1 aliphatic heterocycles. The number of likely N-dealkylation sites (tertiary alicyclic amines) is 1. The van der Waals surface area contributed by atoms with Crippen LogP contribution >= 0.6 is 0 Å². The predicted octanol–water partition coefficient (Wildman–Crippen LogP) is 3.89. The van der Waals surface area contributed by atoms with Crippen LogP contribution in [-0.2, 0) is 6.18 Å². The van der Waals surface area contributed by atoms with Crippen LogP contribution in [0.2, 0.25) is 0 Å². The summed E-state index contributed by atoms with van der Waals surface area (Å²) in [5, 5.41) is 4.50. The molecule has 0 N–H and O–H groups in total. The molecule has 0 radical (unpaired) electrons. The van der Waals surface area contributed by atoms with Crippen molar-refractivity contribution >= 4 is 11.4 Å². The number of halogens is 3. The van der Waals surface area contributed by atoms with Gasteiger partial charge in [-0.25, -0.2) is 19.5 Å². The fourth-order valence-corrected chi connectivity index (χ4v) is 4.02. The second-order valence-electron chi connectivity index (χ2n) is 7.81. The molecule has 34 heavy (non-hydrogen) atoms. The molecule has 1 atom stereocenters. The summed E-state index contributed by atoms with van der Waals surface area (Å²) in [4.78, 5) is 27.6. The summed E-state index contributed by atoms with van der Waals surface area (Å²) in [6.07, 6.45) is 2.68. The molecule has 5 heterocycles. The number of pyridine rings is 2. The Balaban J connectivity index is 1.38. The number of nitrogens with zero attached hydrogens (tertiary/aromatic N) is 6. The van der Waals surface area contributed by atoms with E-state index in [1.54, 1.807) is 34.1 Å². The van der Waals surface area contributed by atoms with E-state index in [0.717, 1.165) is 18.7 Å². The van der Waals surface area contributed by atoms with Gasteiger partial charge in [-0.05, 0) is 37.1 Å². The molecule has 174 valence electrons. The molecule has 5 rings (SSSR count). The number of aromatic nitrogens is 5. The van der Waals surface area contributed by atoms with Crippen molar-refractivity contribution in [2.24, 2.45) is 0 Å². The smallest absolute Gasteiger partial charge is 0.417 e. The average molecular weight is 468 g/mol. The van der Waals surface area contributed by atoms with Crippen molar-refractivity contribution in [1.82, 2.24) is 29.5 Å². The van der Waals surface area contributed by atoms with Crippen LogP contribution in [0, 0.1) is 0 Å². The van der Waals surface area contributed by atoms with Gasteiger partial charge in [-0.1, -0.05) is 6.07 Å². The normalized spacial score (nSPS) is 16.2. The Morgan fingerprint density at radius 2 is 1.91 bits per heavy atom. The fraction of sp³-hybridized carbons (Fsp3) is 0.261. The molecule has 0 aliphatic carbocycles. The third-order valence-electron chi connectivity index (χ3n) is 5.66. The first-order chi connectivity index (χ1) is 16.4. The molecule has 0 spiro atoms. The van der Waals surface area contributed by atoms with Gasteiger partial charge in [-0.2, -0.15) is 18.3 Å². The molecule has 11 heteroatoms. The third kappa shape index (κ3) is 4.16. The quantitative estimate of drug-likeness (QED) is 0.442. The highest BCUT2D eigenvalue weighted by atomic mass is 19.4. The molecule has 1 fully saturated rings. The minimum atomic E-state index is -4.46. The van der Waals surface area contributed by atoms with Gasteiger partial charge in [0.2, 0.25) is 5.88 Å². The number of alkyl halides is 3. The summed E-state index contributed by atoms with van der Waals surface area (Å²) in [6.45, 7) is 0.616. The molecule has 1 saturated heterocycles. The second kappa shape index (κ2) is 8.73. The standard InChI is InChI=1S/C23H19F3N6O2/c24-23(25,26)15-7-8-18(29-13-15)34-14-16-5-3-11-31(16)22(33)20-19(21-27-9-4-10-28-21)17-6-1-2-12-32(17)30-20/h1-2,4,6-10,12-13,16H,3,5,11,14H2/t16-/m0/s1. The van der Waals surface area contributed by atoms with Gasteiger partial charge in [-0.3, -0.25) is 4.79 Å². The van der Waals surface area contributed by atoms with Crippen LogP contribution in [0.5, 0.6) is 5.88 Å². The van der Waals surface area contributed by atoms with E-state index in [9.17, 15) is 18.0 Å². The Morgan fingerprint density at radius 1 is 1.09 bits per heavy atom. The first-order valence-corrected chi connectivity index (χ1v) is 10.6. The highest BCUT2D eigenvalue weighted by Crippen LogP contribution is 2.30. The molecule has 0 saturated carbocycles. The molecule has 0 aromatic carbocycles. The lowest BCUT2D eigenvalue weighted by Gasteiger charge is -2.24. The summed E-state index contributed by atoms with van der Waals surface area (Å²) in [6, 6.07) is 9.02. The first-order valence-electron chi connectivity index (χ1n) is 10.6. The Labute approximate surface area is 192 Å². The van der Waals surface area contributed by atoms with Gasteiger partial charge in [0.1, 0.15) is 6.61 Å². The van der Waals surface area contributed by atoms with Crippen molar-refractivity contribution in [2.75, 3.05) is 13.2 Å². The Morgan fingerprint density at radius 3 is 2.65 bits per heavy atom. The van der Waals surface area contributed by atoms with Crippen LogP contribution in [0.25, 0.3) is 16.9 Å². The predicted molar refractivity (Wildman–Crippen MR) is 115 cm³/mol. The zero-order valence-electron chi connectivity index (χ0n) is 17.8. The highest BCUT2D eigenvalue weighted by molar-refractivity contribution is 6.02. The van der Waals surface area contributed by atoms with Gasteiger partial charge in [0, 0.05) is 37.4 Å². The SMILES string of the molecule is O=C(c1nn2ccccc2c1-c1ncccn1)N1CCC[C@H]1COc1ccc(C(F)(F)F)cn1. The van der Waals surface area contributed by atoms with Gasteiger partial charge in [0.05, 0.1) is 22.7 Å². The van der Waals surface area contributed by atoms with Gasteiger partial charge < -0.3 is 9.64 Å². The average Bonchev–Trinajstić information content (AvgIpc) is 3.47. The fourth-order valence-electron chi connectivity index (χ4n) is 4.02. The van der Waals surface area contributed by atoms with Crippen molar-refractivity contribution in [3.05, 3.63) is 72.4 Å². The van der Waals surface area contributed by atoms with E-state index in [0.29, 0.717) is 29.9 Å². The minimum Gasteiger partial charge on any atom is -0.475 e. The molecule has 1 aliphatic rings. The van der Waals surface area contributed by atoms with Crippen molar-refractivity contribution in [1.29, 1.82) is 0 Å². The number of hydrogen-bond acceptors (Lipinski definition) is 6. The summed E-state index contributed by atoms with van der Waals surface area (Å²) in [7, 11) is 0.